The van der Waals surface area contributed by atoms with E-state index < -0.39 is 0 Å². The highest BCUT2D eigenvalue weighted by Gasteiger charge is 2.13. The van der Waals surface area contributed by atoms with Crippen LogP contribution in [0.4, 0.5) is 5.82 Å². The van der Waals surface area contributed by atoms with Crippen LogP contribution in [0.25, 0.3) is 0 Å². The first-order valence-corrected chi connectivity index (χ1v) is 7.42. The van der Waals surface area contributed by atoms with Crippen LogP contribution in [0, 0.1) is 10.5 Å². The molecule has 0 unspecified atom stereocenters. The molecule has 0 aliphatic rings. The highest BCUT2D eigenvalue weighted by Crippen LogP contribution is 2.23. The van der Waals surface area contributed by atoms with Crippen molar-refractivity contribution in [2.75, 3.05) is 5.73 Å². The van der Waals surface area contributed by atoms with Crippen LogP contribution in [0.15, 0.2) is 24.3 Å². The molecule has 0 fully saturated rings. The zero-order chi connectivity index (χ0) is 14.0. The van der Waals surface area contributed by atoms with Crippen LogP contribution in [0.2, 0.25) is 0 Å². The van der Waals surface area contributed by atoms with E-state index in [1.165, 1.54) is 11.1 Å². The summed E-state index contributed by atoms with van der Waals surface area (Å²) in [5.74, 6) is 1.74. The normalized spacial score (nSPS) is 11.0. The van der Waals surface area contributed by atoms with Gasteiger partial charge >= 0.3 is 0 Å². The summed E-state index contributed by atoms with van der Waals surface area (Å²) in [6, 6.07) is 8.44. The van der Waals surface area contributed by atoms with Crippen molar-refractivity contribution >= 4 is 28.4 Å². The smallest absolute Gasteiger partial charge is 0.140 e. The largest absolute Gasteiger partial charge is 0.383 e. The van der Waals surface area contributed by atoms with E-state index in [0.717, 1.165) is 21.5 Å². The standard InChI is InChI=1S/C15H18IN3/c1-9(2)14-13(16)15(17)19-12(18-14)8-11-6-4-10(3)5-7-11/h4-7,9H,8H2,1-3H3,(H2,17,18,19). The SMILES string of the molecule is Cc1ccc(Cc2nc(N)c(I)c(C(C)C)n2)cc1. The average Bonchev–Trinajstić information content (AvgIpc) is 2.36. The van der Waals surface area contributed by atoms with Crippen molar-refractivity contribution in [3.63, 3.8) is 0 Å². The number of hydrogen-bond donors (Lipinski definition) is 1. The lowest BCUT2D eigenvalue weighted by Crippen LogP contribution is -2.09. The Morgan fingerprint density at radius 1 is 1.16 bits per heavy atom. The topological polar surface area (TPSA) is 51.8 Å². The van der Waals surface area contributed by atoms with Gasteiger partial charge in [0, 0.05) is 6.42 Å². The highest BCUT2D eigenvalue weighted by atomic mass is 127. The van der Waals surface area contributed by atoms with E-state index in [1.807, 2.05) is 0 Å². The lowest BCUT2D eigenvalue weighted by molar-refractivity contribution is 0.785. The summed E-state index contributed by atoms with van der Waals surface area (Å²) in [5.41, 5.74) is 9.48. The summed E-state index contributed by atoms with van der Waals surface area (Å²) < 4.78 is 0.972. The quantitative estimate of drug-likeness (QED) is 0.842. The Kier molecular flexibility index (Phi) is 4.39. The van der Waals surface area contributed by atoms with Gasteiger partial charge in [-0.05, 0) is 41.0 Å². The zero-order valence-corrected chi connectivity index (χ0v) is 13.6. The van der Waals surface area contributed by atoms with Crippen molar-refractivity contribution in [1.82, 2.24) is 9.97 Å². The molecule has 0 atom stereocenters. The molecule has 0 saturated carbocycles. The van der Waals surface area contributed by atoms with Gasteiger partial charge in [0.1, 0.15) is 11.6 Å². The first-order chi connectivity index (χ1) is 8.97. The first kappa shape index (κ1) is 14.2. The van der Waals surface area contributed by atoms with Crippen molar-refractivity contribution in [3.05, 3.63) is 50.5 Å². The van der Waals surface area contributed by atoms with Gasteiger partial charge in [0.05, 0.1) is 9.26 Å². The molecule has 4 heteroatoms. The van der Waals surface area contributed by atoms with E-state index in [4.69, 9.17) is 5.73 Å². The predicted molar refractivity (Wildman–Crippen MR) is 87.2 cm³/mol. The third-order valence-corrected chi connectivity index (χ3v) is 4.08. The molecule has 0 radical (unpaired) electrons. The number of aromatic nitrogens is 2. The fourth-order valence-electron chi connectivity index (χ4n) is 1.88. The molecule has 2 N–H and O–H groups in total. The minimum absolute atomic E-state index is 0.356. The summed E-state index contributed by atoms with van der Waals surface area (Å²) in [6.07, 6.45) is 0.723. The zero-order valence-electron chi connectivity index (χ0n) is 11.4. The maximum atomic E-state index is 5.98. The number of rotatable bonds is 3. The van der Waals surface area contributed by atoms with Gasteiger partial charge in [-0.2, -0.15) is 0 Å². The molecule has 3 nitrogen and oxygen atoms in total. The van der Waals surface area contributed by atoms with Crippen molar-refractivity contribution in [3.8, 4) is 0 Å². The monoisotopic (exact) mass is 367 g/mol. The number of aryl methyl sites for hydroxylation is 1. The minimum Gasteiger partial charge on any atom is -0.383 e. The van der Waals surface area contributed by atoms with E-state index in [-0.39, 0.29) is 0 Å². The van der Waals surface area contributed by atoms with Gasteiger partial charge in [0.2, 0.25) is 0 Å². The molecule has 0 amide bonds. The second-order valence-corrected chi connectivity index (χ2v) is 6.12. The highest BCUT2D eigenvalue weighted by molar-refractivity contribution is 14.1. The molecule has 0 bridgehead atoms. The third-order valence-electron chi connectivity index (χ3n) is 2.98. The van der Waals surface area contributed by atoms with Crippen molar-refractivity contribution in [1.29, 1.82) is 0 Å². The number of halogens is 1. The summed E-state index contributed by atoms with van der Waals surface area (Å²) in [7, 11) is 0. The van der Waals surface area contributed by atoms with Crippen LogP contribution < -0.4 is 5.73 Å². The van der Waals surface area contributed by atoms with Crippen LogP contribution in [-0.4, -0.2) is 9.97 Å². The Hall–Kier alpha value is -1.17. The van der Waals surface area contributed by atoms with E-state index in [1.54, 1.807) is 0 Å². The summed E-state index contributed by atoms with van der Waals surface area (Å²) in [6.45, 7) is 6.33. The molecule has 0 saturated heterocycles. The van der Waals surface area contributed by atoms with Gasteiger partial charge in [0.25, 0.3) is 0 Å². The maximum Gasteiger partial charge on any atom is 0.140 e. The van der Waals surface area contributed by atoms with Crippen LogP contribution in [0.1, 0.15) is 42.4 Å². The molecule has 1 aromatic heterocycles. The van der Waals surface area contributed by atoms with Crippen molar-refractivity contribution in [2.45, 2.75) is 33.1 Å². The number of benzene rings is 1. The fraction of sp³-hybridized carbons (Fsp3) is 0.333. The average molecular weight is 367 g/mol. The van der Waals surface area contributed by atoms with Crippen LogP contribution in [-0.2, 0) is 6.42 Å². The van der Waals surface area contributed by atoms with E-state index in [2.05, 4.69) is 77.6 Å². The van der Waals surface area contributed by atoms with Crippen LogP contribution >= 0.6 is 22.6 Å². The first-order valence-electron chi connectivity index (χ1n) is 6.34. The van der Waals surface area contributed by atoms with Gasteiger partial charge in [-0.3, -0.25) is 0 Å². The second kappa shape index (κ2) is 5.86. The molecule has 1 heterocycles. The number of nitrogens with two attached hydrogens (primary N) is 1. The molecule has 2 aromatic rings. The van der Waals surface area contributed by atoms with Crippen LogP contribution in [0.3, 0.4) is 0 Å². The summed E-state index contributed by atoms with van der Waals surface area (Å²) in [4.78, 5) is 9.04. The fourth-order valence-corrected chi connectivity index (χ4v) is 2.75. The van der Waals surface area contributed by atoms with Gasteiger partial charge in [-0.25, -0.2) is 9.97 Å². The van der Waals surface area contributed by atoms with E-state index >= 15 is 0 Å². The predicted octanol–water partition coefficient (Wildman–Crippen LogP) is 3.69. The van der Waals surface area contributed by atoms with Gasteiger partial charge < -0.3 is 5.73 Å². The van der Waals surface area contributed by atoms with Crippen molar-refractivity contribution in [2.24, 2.45) is 0 Å². The Labute approximate surface area is 127 Å². The van der Waals surface area contributed by atoms with Gasteiger partial charge in [-0.1, -0.05) is 43.7 Å². The summed E-state index contributed by atoms with van der Waals surface area (Å²) >= 11 is 2.22. The second-order valence-electron chi connectivity index (χ2n) is 5.04. The Balaban J connectivity index is 2.33. The molecule has 0 spiro atoms. The van der Waals surface area contributed by atoms with Gasteiger partial charge in [0.15, 0.2) is 0 Å². The number of nitrogen functional groups attached to an aromatic ring is 1. The van der Waals surface area contributed by atoms with E-state index in [0.29, 0.717) is 11.7 Å². The molecule has 0 aliphatic heterocycles. The summed E-state index contributed by atoms with van der Waals surface area (Å²) in [5, 5.41) is 0. The number of hydrogen-bond acceptors (Lipinski definition) is 3. The Bertz CT molecular complexity index is 577. The molecule has 0 aliphatic carbocycles. The van der Waals surface area contributed by atoms with Crippen LogP contribution in [0.5, 0.6) is 0 Å². The third kappa shape index (κ3) is 3.43. The Morgan fingerprint density at radius 3 is 2.37 bits per heavy atom. The molecule has 100 valence electrons. The molecule has 1 aromatic carbocycles. The lowest BCUT2D eigenvalue weighted by atomic mass is 10.1. The minimum atomic E-state index is 0.356. The lowest BCUT2D eigenvalue weighted by Gasteiger charge is -2.11. The Morgan fingerprint density at radius 2 is 1.79 bits per heavy atom. The molecule has 2 rings (SSSR count). The number of nitrogens with zero attached hydrogens (tertiary/aromatic N) is 2. The number of anilines is 1. The van der Waals surface area contributed by atoms with E-state index in [9.17, 15) is 0 Å². The van der Waals surface area contributed by atoms with Crippen molar-refractivity contribution < 1.29 is 0 Å². The molecular formula is C15H18IN3. The molecular weight excluding hydrogens is 349 g/mol. The maximum absolute atomic E-state index is 5.98. The van der Waals surface area contributed by atoms with Gasteiger partial charge in [-0.15, -0.1) is 0 Å². The molecule has 19 heavy (non-hydrogen) atoms.